The van der Waals surface area contributed by atoms with Gasteiger partial charge in [-0.3, -0.25) is 4.79 Å². The van der Waals surface area contributed by atoms with E-state index < -0.39 is 12.6 Å². The van der Waals surface area contributed by atoms with E-state index in [-0.39, 0.29) is 24.9 Å². The maximum absolute atomic E-state index is 11.7. The van der Waals surface area contributed by atoms with Crippen molar-refractivity contribution in [1.29, 1.82) is 0 Å². The predicted molar refractivity (Wildman–Crippen MR) is 43.9 cm³/mol. The number of carbonyl (C=O) groups is 1. The van der Waals surface area contributed by atoms with Crippen LogP contribution in [0.15, 0.2) is 0 Å². The highest BCUT2D eigenvalue weighted by Gasteiger charge is 2.27. The molecule has 1 atom stereocenters. The van der Waals surface area contributed by atoms with Gasteiger partial charge in [-0.2, -0.15) is 13.2 Å². The van der Waals surface area contributed by atoms with Gasteiger partial charge in [-0.25, -0.2) is 0 Å². The van der Waals surface area contributed by atoms with E-state index in [9.17, 15) is 18.0 Å². The third-order valence-electron chi connectivity index (χ3n) is 2.16. The van der Waals surface area contributed by atoms with Crippen LogP contribution in [0.1, 0.15) is 32.1 Å². The van der Waals surface area contributed by atoms with Crippen LogP contribution in [0.5, 0.6) is 0 Å². The van der Waals surface area contributed by atoms with Crippen LogP contribution in [0.25, 0.3) is 0 Å². The summed E-state index contributed by atoms with van der Waals surface area (Å²) in [4.78, 5) is 10.8. The number of carbonyl (C=O) groups excluding carboxylic acids is 1. The minimum absolute atomic E-state index is 0.0197. The van der Waals surface area contributed by atoms with Crippen LogP contribution in [-0.4, -0.2) is 24.7 Å². The largest absolute Gasteiger partial charge is 0.389 e. The first kappa shape index (κ1) is 11.5. The Hall–Kier alpha value is -0.580. The molecular weight excluding hydrogens is 197 g/mol. The molecule has 0 aliphatic heterocycles. The van der Waals surface area contributed by atoms with Crippen molar-refractivity contribution in [2.45, 2.75) is 44.4 Å². The summed E-state index contributed by atoms with van der Waals surface area (Å²) in [6.45, 7) is 0.0947. The molecule has 1 unspecified atom stereocenters. The van der Waals surface area contributed by atoms with Crippen molar-refractivity contribution in [2.24, 2.45) is 0 Å². The number of halogens is 3. The molecule has 1 rings (SSSR count). The Bertz CT molecular complexity index is 201. The fourth-order valence-corrected chi connectivity index (χ4v) is 1.44. The van der Waals surface area contributed by atoms with Crippen molar-refractivity contribution in [3.8, 4) is 0 Å². The quantitative estimate of drug-likeness (QED) is 0.666. The summed E-state index contributed by atoms with van der Waals surface area (Å²) in [5, 5.41) is 0. The standard InChI is InChI=1S/C9H13F3O2/c10-9(11,12)4-1-5-14-8-3-2-7(13)6-8/h8H,1-6H2. The highest BCUT2D eigenvalue weighted by atomic mass is 19.4. The lowest BCUT2D eigenvalue weighted by molar-refractivity contribution is -0.139. The number of hydrogen-bond donors (Lipinski definition) is 0. The summed E-state index contributed by atoms with van der Waals surface area (Å²) >= 11 is 0. The fraction of sp³-hybridized carbons (Fsp3) is 0.889. The van der Waals surface area contributed by atoms with Gasteiger partial charge < -0.3 is 4.74 Å². The number of hydrogen-bond acceptors (Lipinski definition) is 2. The Morgan fingerprint density at radius 3 is 2.64 bits per heavy atom. The average Bonchev–Trinajstić information content (AvgIpc) is 2.44. The summed E-state index contributed by atoms with van der Waals surface area (Å²) in [6.07, 6.45) is -3.55. The highest BCUT2D eigenvalue weighted by Crippen LogP contribution is 2.22. The molecule has 0 N–H and O–H groups in total. The van der Waals surface area contributed by atoms with Crippen LogP contribution in [0.2, 0.25) is 0 Å². The molecule has 1 aliphatic carbocycles. The Labute approximate surface area is 80.4 Å². The van der Waals surface area contributed by atoms with E-state index in [0.717, 1.165) is 0 Å². The van der Waals surface area contributed by atoms with Gasteiger partial charge in [-0.05, 0) is 12.8 Å². The lowest BCUT2D eigenvalue weighted by atomic mass is 10.3. The molecule has 1 fully saturated rings. The molecule has 5 heteroatoms. The number of ether oxygens (including phenoxy) is 1. The second-order valence-electron chi connectivity index (χ2n) is 3.49. The van der Waals surface area contributed by atoms with E-state index in [1.807, 2.05) is 0 Å². The molecule has 0 bridgehead atoms. The van der Waals surface area contributed by atoms with E-state index in [1.165, 1.54) is 0 Å². The van der Waals surface area contributed by atoms with Crippen LogP contribution in [0, 0.1) is 0 Å². The zero-order valence-corrected chi connectivity index (χ0v) is 7.77. The highest BCUT2D eigenvalue weighted by molar-refractivity contribution is 5.81. The molecule has 14 heavy (non-hydrogen) atoms. The van der Waals surface area contributed by atoms with Crippen molar-refractivity contribution in [2.75, 3.05) is 6.61 Å². The summed E-state index contributed by atoms with van der Waals surface area (Å²) < 4.78 is 40.3. The number of ketones is 1. The molecular formula is C9H13F3O2. The van der Waals surface area contributed by atoms with E-state index in [1.54, 1.807) is 0 Å². The second kappa shape index (κ2) is 4.77. The molecule has 0 spiro atoms. The SMILES string of the molecule is O=C1CCC(OCCCC(F)(F)F)C1. The summed E-state index contributed by atoms with van der Waals surface area (Å²) in [7, 11) is 0. The minimum Gasteiger partial charge on any atom is -0.378 e. The Morgan fingerprint density at radius 1 is 1.43 bits per heavy atom. The maximum Gasteiger partial charge on any atom is 0.389 e. The van der Waals surface area contributed by atoms with Crippen LogP contribution >= 0.6 is 0 Å². The number of alkyl halides is 3. The van der Waals surface area contributed by atoms with Gasteiger partial charge in [0.15, 0.2) is 0 Å². The van der Waals surface area contributed by atoms with Crippen molar-refractivity contribution >= 4 is 5.78 Å². The van der Waals surface area contributed by atoms with E-state index >= 15 is 0 Å². The zero-order chi connectivity index (χ0) is 10.6. The molecule has 0 aromatic carbocycles. The van der Waals surface area contributed by atoms with Crippen LogP contribution < -0.4 is 0 Å². The summed E-state index contributed by atoms with van der Waals surface area (Å²) in [5.41, 5.74) is 0. The third kappa shape index (κ3) is 4.60. The molecule has 0 aromatic rings. The minimum atomic E-state index is -4.10. The van der Waals surface area contributed by atoms with E-state index in [2.05, 4.69) is 0 Å². The molecule has 0 heterocycles. The average molecular weight is 210 g/mol. The Balaban J connectivity index is 2.02. The number of rotatable bonds is 4. The first-order valence-electron chi connectivity index (χ1n) is 4.67. The normalized spacial score (nSPS) is 23.1. The third-order valence-corrected chi connectivity index (χ3v) is 2.16. The van der Waals surface area contributed by atoms with Gasteiger partial charge in [0.2, 0.25) is 0 Å². The smallest absolute Gasteiger partial charge is 0.378 e. The molecule has 1 saturated carbocycles. The second-order valence-corrected chi connectivity index (χ2v) is 3.49. The lowest BCUT2D eigenvalue weighted by Gasteiger charge is -2.10. The first-order valence-corrected chi connectivity index (χ1v) is 4.67. The monoisotopic (exact) mass is 210 g/mol. The van der Waals surface area contributed by atoms with Crippen LogP contribution in [-0.2, 0) is 9.53 Å². The van der Waals surface area contributed by atoms with Crippen molar-refractivity contribution < 1.29 is 22.7 Å². The van der Waals surface area contributed by atoms with E-state index in [0.29, 0.717) is 19.3 Å². The summed E-state index contributed by atoms with van der Waals surface area (Å²) in [6, 6.07) is 0. The Morgan fingerprint density at radius 2 is 2.14 bits per heavy atom. The predicted octanol–water partition coefficient (Wildman–Crippen LogP) is 2.47. The zero-order valence-electron chi connectivity index (χ0n) is 7.77. The molecule has 2 nitrogen and oxygen atoms in total. The van der Waals surface area contributed by atoms with Crippen molar-refractivity contribution in [1.82, 2.24) is 0 Å². The Kier molecular flexibility index (Phi) is 3.92. The topological polar surface area (TPSA) is 26.3 Å². The molecule has 0 aromatic heterocycles. The molecule has 0 radical (unpaired) electrons. The van der Waals surface area contributed by atoms with Gasteiger partial charge in [0, 0.05) is 25.9 Å². The number of Topliss-reactive ketones (excluding diaryl/α,β-unsaturated/α-hetero) is 1. The van der Waals surface area contributed by atoms with Crippen molar-refractivity contribution in [3.63, 3.8) is 0 Å². The van der Waals surface area contributed by atoms with E-state index in [4.69, 9.17) is 4.74 Å². The van der Waals surface area contributed by atoms with Crippen LogP contribution in [0.4, 0.5) is 13.2 Å². The lowest BCUT2D eigenvalue weighted by Crippen LogP contribution is -2.13. The first-order chi connectivity index (χ1) is 6.47. The molecule has 1 aliphatic rings. The maximum atomic E-state index is 11.7. The van der Waals surface area contributed by atoms with Gasteiger partial charge in [0.1, 0.15) is 5.78 Å². The van der Waals surface area contributed by atoms with Crippen molar-refractivity contribution in [3.05, 3.63) is 0 Å². The molecule has 0 amide bonds. The van der Waals surface area contributed by atoms with Gasteiger partial charge in [0.05, 0.1) is 6.10 Å². The molecule has 82 valence electrons. The van der Waals surface area contributed by atoms with Crippen LogP contribution in [0.3, 0.4) is 0 Å². The van der Waals surface area contributed by atoms with Gasteiger partial charge in [0.25, 0.3) is 0 Å². The van der Waals surface area contributed by atoms with Gasteiger partial charge in [-0.1, -0.05) is 0 Å². The van der Waals surface area contributed by atoms with Gasteiger partial charge in [-0.15, -0.1) is 0 Å². The summed E-state index contributed by atoms with van der Waals surface area (Å²) in [5.74, 6) is 0.144. The van der Waals surface area contributed by atoms with Gasteiger partial charge >= 0.3 is 6.18 Å². The fourth-order valence-electron chi connectivity index (χ4n) is 1.44. The molecule has 0 saturated heterocycles.